The van der Waals surface area contributed by atoms with Crippen LogP contribution >= 0.6 is 0 Å². The number of aromatic nitrogens is 1. The van der Waals surface area contributed by atoms with Gasteiger partial charge in [-0.3, -0.25) is 0 Å². The number of para-hydroxylation sites is 1. The number of rotatable bonds is 7. The standard InChI is InChI=1S/C21H18FN3O8S2/c1-2-24-16(9-10-18(24)21(27)28)13-5-3-6-14(11-13)34(29,30)23-35(31,32)25-12-19(26)33-20-15(22)7-4-8-17(20)25/h3-11,23H,2,12H2,1H3,(H,27,28). The Labute approximate surface area is 199 Å². The molecule has 2 heterocycles. The number of ether oxygens (including phenoxy) is 1. The highest BCUT2D eigenvalue weighted by Crippen LogP contribution is 2.36. The van der Waals surface area contributed by atoms with Crippen molar-refractivity contribution in [3.63, 3.8) is 0 Å². The average molecular weight is 524 g/mol. The van der Waals surface area contributed by atoms with E-state index < -0.39 is 55.2 Å². The number of carbonyl (C=O) groups excluding carboxylic acids is 1. The van der Waals surface area contributed by atoms with E-state index in [4.69, 9.17) is 4.74 Å². The van der Waals surface area contributed by atoms with Crippen molar-refractivity contribution in [1.29, 1.82) is 0 Å². The van der Waals surface area contributed by atoms with E-state index >= 15 is 0 Å². The van der Waals surface area contributed by atoms with Crippen molar-refractivity contribution in [3.8, 4) is 17.0 Å². The molecule has 0 bridgehead atoms. The molecule has 184 valence electrons. The molecule has 2 aromatic carbocycles. The normalized spacial score (nSPS) is 13.9. The van der Waals surface area contributed by atoms with Crippen LogP contribution in [-0.4, -0.2) is 45.0 Å². The summed E-state index contributed by atoms with van der Waals surface area (Å²) in [6.07, 6.45) is 0. The molecular weight excluding hydrogens is 505 g/mol. The second-order valence-electron chi connectivity index (χ2n) is 7.34. The topological polar surface area (TPSA) is 152 Å². The maximum atomic E-state index is 14.1. The van der Waals surface area contributed by atoms with Crippen molar-refractivity contribution in [2.75, 3.05) is 10.8 Å². The average Bonchev–Trinajstić information content (AvgIpc) is 3.23. The summed E-state index contributed by atoms with van der Waals surface area (Å²) in [6, 6.07) is 11.4. The molecule has 0 amide bonds. The number of fused-ring (bicyclic) bond motifs is 1. The maximum absolute atomic E-state index is 14.1. The van der Waals surface area contributed by atoms with Crippen LogP contribution in [0.4, 0.5) is 10.1 Å². The predicted octanol–water partition coefficient (Wildman–Crippen LogP) is 1.96. The third kappa shape index (κ3) is 4.50. The number of hydrogen-bond donors (Lipinski definition) is 2. The van der Waals surface area contributed by atoms with Gasteiger partial charge in [0.2, 0.25) is 0 Å². The third-order valence-electron chi connectivity index (χ3n) is 5.16. The SMILES string of the molecule is CCn1c(C(=O)O)ccc1-c1cccc(S(=O)(=O)NS(=O)(=O)N2CC(=O)Oc3c(F)cccc32)c1. The number of hydrogen-bond acceptors (Lipinski definition) is 7. The molecular formula is C21H18FN3O8S2. The number of nitrogens with one attached hydrogen (secondary N) is 1. The van der Waals surface area contributed by atoms with Gasteiger partial charge in [-0.1, -0.05) is 22.3 Å². The second-order valence-corrected chi connectivity index (χ2v) is 10.9. The lowest BCUT2D eigenvalue weighted by molar-refractivity contribution is -0.133. The van der Waals surface area contributed by atoms with Crippen LogP contribution in [0.25, 0.3) is 11.3 Å². The van der Waals surface area contributed by atoms with Crippen LogP contribution in [-0.2, 0) is 31.6 Å². The van der Waals surface area contributed by atoms with Crippen molar-refractivity contribution in [2.24, 2.45) is 0 Å². The number of carboxylic acids is 1. The van der Waals surface area contributed by atoms with E-state index in [2.05, 4.69) is 0 Å². The Morgan fingerprint density at radius 1 is 1.11 bits per heavy atom. The van der Waals surface area contributed by atoms with E-state index in [9.17, 15) is 35.9 Å². The van der Waals surface area contributed by atoms with Crippen molar-refractivity contribution >= 4 is 37.9 Å². The van der Waals surface area contributed by atoms with Gasteiger partial charge in [0, 0.05) is 12.2 Å². The zero-order valence-electron chi connectivity index (χ0n) is 18.0. The highest BCUT2D eigenvalue weighted by atomic mass is 32.3. The summed E-state index contributed by atoms with van der Waals surface area (Å²) in [5.74, 6) is -3.89. The summed E-state index contributed by atoms with van der Waals surface area (Å²) in [5, 5.41) is 9.34. The number of aromatic carboxylic acids is 1. The Hall–Kier alpha value is -3.75. The molecule has 1 aliphatic rings. The monoisotopic (exact) mass is 523 g/mol. The van der Waals surface area contributed by atoms with E-state index in [0.29, 0.717) is 15.6 Å². The molecule has 35 heavy (non-hydrogen) atoms. The molecule has 1 aromatic heterocycles. The smallest absolute Gasteiger partial charge is 0.352 e. The maximum Gasteiger partial charge on any atom is 0.352 e. The van der Waals surface area contributed by atoms with Gasteiger partial charge in [0.1, 0.15) is 12.2 Å². The lowest BCUT2D eigenvalue weighted by Gasteiger charge is -2.28. The van der Waals surface area contributed by atoms with Crippen LogP contribution < -0.4 is 13.2 Å². The molecule has 4 rings (SSSR count). The number of sulfonamides is 1. The molecule has 1 aliphatic heterocycles. The van der Waals surface area contributed by atoms with Crippen LogP contribution in [0.5, 0.6) is 5.75 Å². The first-order chi connectivity index (χ1) is 16.4. The van der Waals surface area contributed by atoms with Crippen molar-refractivity contribution in [1.82, 2.24) is 8.69 Å². The van der Waals surface area contributed by atoms with Gasteiger partial charge in [0.25, 0.3) is 10.0 Å². The van der Waals surface area contributed by atoms with Gasteiger partial charge in [0.05, 0.1) is 10.6 Å². The van der Waals surface area contributed by atoms with Crippen molar-refractivity contribution in [3.05, 3.63) is 66.1 Å². The molecule has 3 aromatic rings. The van der Waals surface area contributed by atoms with Gasteiger partial charge in [-0.25, -0.2) is 26.7 Å². The van der Waals surface area contributed by atoms with Crippen molar-refractivity contribution in [2.45, 2.75) is 18.4 Å². The van der Waals surface area contributed by atoms with E-state index in [1.807, 2.05) is 0 Å². The number of benzene rings is 2. The minimum atomic E-state index is -4.90. The number of nitrogens with zero attached hydrogens (tertiary/aromatic N) is 2. The molecule has 0 spiro atoms. The number of halogens is 1. The zero-order valence-corrected chi connectivity index (χ0v) is 19.6. The van der Waals surface area contributed by atoms with Crippen LogP contribution in [0, 0.1) is 5.82 Å². The lowest BCUT2D eigenvalue weighted by atomic mass is 10.1. The Kier molecular flexibility index (Phi) is 6.12. The molecule has 0 saturated heterocycles. The van der Waals surface area contributed by atoms with Gasteiger partial charge in [-0.15, -0.1) is 0 Å². The Morgan fingerprint density at radius 3 is 2.51 bits per heavy atom. The Bertz CT molecular complexity index is 1560. The second kappa shape index (κ2) is 8.79. The summed E-state index contributed by atoms with van der Waals surface area (Å²) >= 11 is 0. The summed E-state index contributed by atoms with van der Waals surface area (Å²) in [7, 11) is -9.61. The minimum absolute atomic E-state index is 0.000606. The minimum Gasteiger partial charge on any atom is -0.477 e. The highest BCUT2D eigenvalue weighted by molar-refractivity contribution is 8.05. The molecule has 0 saturated carbocycles. The summed E-state index contributed by atoms with van der Waals surface area (Å²) in [6.45, 7) is 1.13. The van der Waals surface area contributed by atoms with Gasteiger partial charge in [-0.2, -0.15) is 8.42 Å². The van der Waals surface area contributed by atoms with Crippen LogP contribution in [0.15, 0.2) is 59.5 Å². The first kappa shape index (κ1) is 24.4. The molecule has 14 heteroatoms. The number of carbonyl (C=O) groups is 2. The van der Waals surface area contributed by atoms with E-state index in [0.717, 1.165) is 18.2 Å². The highest BCUT2D eigenvalue weighted by Gasteiger charge is 2.37. The first-order valence-electron chi connectivity index (χ1n) is 10.0. The fourth-order valence-electron chi connectivity index (χ4n) is 3.66. The molecule has 11 nitrogen and oxygen atoms in total. The van der Waals surface area contributed by atoms with Crippen LogP contribution in [0.2, 0.25) is 0 Å². The summed E-state index contributed by atoms with van der Waals surface area (Å²) in [4.78, 5) is 22.9. The van der Waals surface area contributed by atoms with Crippen LogP contribution in [0.3, 0.4) is 0 Å². The molecule has 0 fully saturated rings. The number of carboxylic acid groups (broad SMARTS) is 1. The van der Waals surface area contributed by atoms with Gasteiger partial charge in [0.15, 0.2) is 11.6 Å². The molecule has 0 atom stereocenters. The Morgan fingerprint density at radius 2 is 1.83 bits per heavy atom. The lowest BCUT2D eigenvalue weighted by Crippen LogP contribution is -2.48. The number of anilines is 1. The Balaban J connectivity index is 1.70. The van der Waals surface area contributed by atoms with Gasteiger partial charge >= 0.3 is 22.1 Å². The quantitative estimate of drug-likeness (QED) is 0.352. The van der Waals surface area contributed by atoms with Gasteiger partial charge in [-0.05, 0) is 48.9 Å². The first-order valence-corrected chi connectivity index (χ1v) is 13.0. The molecule has 0 aliphatic carbocycles. The third-order valence-corrected chi connectivity index (χ3v) is 8.67. The fourth-order valence-corrected chi connectivity index (χ4v) is 6.73. The largest absolute Gasteiger partial charge is 0.477 e. The predicted molar refractivity (Wildman–Crippen MR) is 121 cm³/mol. The summed E-state index contributed by atoms with van der Waals surface area (Å²) in [5.41, 5.74) is 0.393. The zero-order chi connectivity index (χ0) is 25.5. The molecule has 0 radical (unpaired) electrons. The number of esters is 1. The van der Waals surface area contributed by atoms with E-state index in [1.165, 1.54) is 34.9 Å². The van der Waals surface area contributed by atoms with E-state index in [1.54, 1.807) is 17.1 Å². The molecule has 0 unspecified atom stereocenters. The van der Waals surface area contributed by atoms with Crippen molar-refractivity contribution < 1.29 is 40.7 Å². The van der Waals surface area contributed by atoms with Crippen LogP contribution in [0.1, 0.15) is 17.4 Å². The summed E-state index contributed by atoms with van der Waals surface area (Å²) < 4.78 is 74.2. The molecule has 2 N–H and O–H groups in total. The van der Waals surface area contributed by atoms with Gasteiger partial charge < -0.3 is 14.4 Å². The fraction of sp³-hybridized carbons (Fsp3) is 0.143. The van der Waals surface area contributed by atoms with E-state index in [-0.39, 0.29) is 17.9 Å².